The fourth-order valence-electron chi connectivity index (χ4n) is 2.75. The highest BCUT2D eigenvalue weighted by atomic mass is 19.1. The number of carbonyl (C=O) groups is 1. The Morgan fingerprint density at radius 3 is 2.83 bits per heavy atom. The highest BCUT2D eigenvalue weighted by molar-refractivity contribution is 5.92. The van der Waals surface area contributed by atoms with Gasteiger partial charge in [0.15, 0.2) is 5.76 Å². The van der Waals surface area contributed by atoms with Crippen LogP contribution in [0.2, 0.25) is 0 Å². The number of rotatable bonds is 5. The summed E-state index contributed by atoms with van der Waals surface area (Å²) in [6, 6.07) is 9.19. The maximum Gasteiger partial charge on any atom is 0.289 e. The molecule has 0 spiro atoms. The van der Waals surface area contributed by atoms with Crippen molar-refractivity contribution in [2.24, 2.45) is 5.73 Å². The number of hydrogen-bond donors (Lipinski definition) is 1. The van der Waals surface area contributed by atoms with Gasteiger partial charge in [0.2, 0.25) is 0 Å². The van der Waals surface area contributed by atoms with Gasteiger partial charge in [0.05, 0.1) is 0 Å². The number of halogens is 1. The number of carbonyl (C=O) groups excluding carboxylic acids is 1. The van der Waals surface area contributed by atoms with Crippen molar-refractivity contribution in [2.45, 2.75) is 25.5 Å². The summed E-state index contributed by atoms with van der Waals surface area (Å²) >= 11 is 0. The zero-order chi connectivity index (χ0) is 16.2. The van der Waals surface area contributed by atoms with E-state index < -0.39 is 0 Å². The Hall–Kier alpha value is -2.34. The minimum Gasteiger partial charge on any atom is -0.486 e. The molecule has 1 aliphatic rings. The van der Waals surface area contributed by atoms with E-state index >= 15 is 0 Å². The molecule has 0 saturated carbocycles. The summed E-state index contributed by atoms with van der Waals surface area (Å²) in [5, 5.41) is 0. The molecule has 1 aromatic heterocycles. The molecule has 1 amide bonds. The van der Waals surface area contributed by atoms with E-state index in [-0.39, 0.29) is 24.4 Å². The van der Waals surface area contributed by atoms with Crippen LogP contribution in [0.5, 0.6) is 5.75 Å². The van der Waals surface area contributed by atoms with Gasteiger partial charge in [0, 0.05) is 19.1 Å². The van der Waals surface area contributed by atoms with Crippen molar-refractivity contribution in [3.8, 4) is 5.75 Å². The lowest BCUT2D eigenvalue weighted by Gasteiger charge is -2.22. The first kappa shape index (κ1) is 15.6. The molecular formula is C17H19FN2O3. The lowest BCUT2D eigenvalue weighted by Crippen LogP contribution is -2.39. The first-order chi connectivity index (χ1) is 11.2. The van der Waals surface area contributed by atoms with Crippen LogP contribution < -0.4 is 10.5 Å². The number of ether oxygens (including phenoxy) is 1. The van der Waals surface area contributed by atoms with Gasteiger partial charge < -0.3 is 19.8 Å². The molecule has 0 radical (unpaired) electrons. The zero-order valence-electron chi connectivity index (χ0n) is 12.7. The molecule has 2 heterocycles. The molecule has 1 aromatic carbocycles. The third-order valence-electron chi connectivity index (χ3n) is 3.98. The summed E-state index contributed by atoms with van der Waals surface area (Å²) in [7, 11) is 0. The summed E-state index contributed by atoms with van der Waals surface area (Å²) in [5.41, 5.74) is 5.70. The van der Waals surface area contributed by atoms with Crippen LogP contribution in [0, 0.1) is 5.82 Å². The maximum atomic E-state index is 12.8. The fourth-order valence-corrected chi connectivity index (χ4v) is 2.75. The largest absolute Gasteiger partial charge is 0.486 e. The SMILES string of the molecule is NCC1CCCN1C(=O)c1ccc(COc2ccc(F)cc2)o1. The molecule has 5 nitrogen and oxygen atoms in total. The maximum absolute atomic E-state index is 12.8. The average Bonchev–Trinajstić information content (AvgIpc) is 3.23. The second-order valence-electron chi connectivity index (χ2n) is 5.54. The summed E-state index contributed by atoms with van der Waals surface area (Å²) in [5.74, 6) is 0.928. The highest BCUT2D eigenvalue weighted by Crippen LogP contribution is 2.21. The number of furan rings is 1. The van der Waals surface area contributed by atoms with Crippen LogP contribution >= 0.6 is 0 Å². The first-order valence-electron chi connectivity index (χ1n) is 7.65. The standard InChI is InChI=1S/C17H19FN2O3/c18-12-3-5-14(6-4-12)22-11-15-7-8-16(23-15)17(21)20-9-1-2-13(20)10-19/h3-8,13H,1-2,9-11,19H2. The fraction of sp³-hybridized carbons (Fsp3) is 0.353. The van der Waals surface area contributed by atoms with Crippen molar-refractivity contribution >= 4 is 5.91 Å². The lowest BCUT2D eigenvalue weighted by atomic mass is 10.2. The number of nitrogens with two attached hydrogens (primary N) is 1. The third kappa shape index (κ3) is 3.53. The van der Waals surface area contributed by atoms with Crippen LogP contribution in [-0.2, 0) is 6.61 Å². The van der Waals surface area contributed by atoms with Gasteiger partial charge in [0.25, 0.3) is 5.91 Å². The predicted molar refractivity (Wildman–Crippen MR) is 82.6 cm³/mol. The first-order valence-corrected chi connectivity index (χ1v) is 7.65. The summed E-state index contributed by atoms with van der Waals surface area (Å²) in [6.07, 6.45) is 1.90. The van der Waals surface area contributed by atoms with Gasteiger partial charge in [-0.25, -0.2) is 4.39 Å². The van der Waals surface area contributed by atoms with Gasteiger partial charge in [-0.05, 0) is 49.2 Å². The van der Waals surface area contributed by atoms with Crippen LogP contribution in [0.15, 0.2) is 40.8 Å². The summed E-state index contributed by atoms with van der Waals surface area (Å²) < 4.78 is 23.9. The number of nitrogens with zero attached hydrogens (tertiary/aromatic N) is 1. The zero-order valence-corrected chi connectivity index (χ0v) is 12.7. The van der Waals surface area contributed by atoms with E-state index in [1.807, 2.05) is 0 Å². The Labute approximate surface area is 133 Å². The van der Waals surface area contributed by atoms with Crippen molar-refractivity contribution in [3.63, 3.8) is 0 Å². The van der Waals surface area contributed by atoms with E-state index in [0.717, 1.165) is 12.8 Å². The number of likely N-dealkylation sites (tertiary alicyclic amines) is 1. The van der Waals surface area contributed by atoms with Crippen LogP contribution in [-0.4, -0.2) is 29.9 Å². The Kier molecular flexibility index (Phi) is 4.62. The topological polar surface area (TPSA) is 68.7 Å². The van der Waals surface area contributed by atoms with Crippen molar-refractivity contribution < 1.29 is 18.3 Å². The van der Waals surface area contributed by atoms with Crippen molar-refractivity contribution in [3.05, 3.63) is 53.7 Å². The molecule has 1 saturated heterocycles. The molecule has 122 valence electrons. The second-order valence-corrected chi connectivity index (χ2v) is 5.54. The summed E-state index contributed by atoms with van der Waals surface area (Å²) in [6.45, 7) is 1.36. The third-order valence-corrected chi connectivity index (χ3v) is 3.98. The van der Waals surface area contributed by atoms with Crippen LogP contribution in [0.1, 0.15) is 29.2 Å². The van der Waals surface area contributed by atoms with E-state index in [0.29, 0.717) is 30.4 Å². The molecule has 23 heavy (non-hydrogen) atoms. The van der Waals surface area contributed by atoms with Crippen molar-refractivity contribution in [1.82, 2.24) is 4.90 Å². The van der Waals surface area contributed by atoms with Gasteiger partial charge in [-0.2, -0.15) is 0 Å². The number of benzene rings is 1. The number of amides is 1. The second kappa shape index (κ2) is 6.83. The highest BCUT2D eigenvalue weighted by Gasteiger charge is 2.29. The molecular weight excluding hydrogens is 299 g/mol. The van der Waals surface area contributed by atoms with Crippen LogP contribution in [0.4, 0.5) is 4.39 Å². The van der Waals surface area contributed by atoms with Gasteiger partial charge in [-0.15, -0.1) is 0 Å². The van der Waals surface area contributed by atoms with Gasteiger partial charge >= 0.3 is 0 Å². The lowest BCUT2D eigenvalue weighted by molar-refractivity contribution is 0.0705. The Bertz CT molecular complexity index is 669. The Balaban J connectivity index is 1.61. The smallest absolute Gasteiger partial charge is 0.289 e. The van der Waals surface area contributed by atoms with Crippen LogP contribution in [0.25, 0.3) is 0 Å². The predicted octanol–water partition coefficient (Wildman–Crippen LogP) is 2.56. The molecule has 2 N–H and O–H groups in total. The van der Waals surface area contributed by atoms with Crippen LogP contribution in [0.3, 0.4) is 0 Å². The van der Waals surface area contributed by atoms with E-state index in [2.05, 4.69) is 0 Å². The molecule has 0 bridgehead atoms. The molecule has 1 unspecified atom stereocenters. The van der Waals surface area contributed by atoms with Gasteiger partial charge in [0.1, 0.15) is 23.9 Å². The van der Waals surface area contributed by atoms with Gasteiger partial charge in [-0.1, -0.05) is 0 Å². The molecule has 1 fully saturated rings. The molecule has 3 rings (SSSR count). The van der Waals surface area contributed by atoms with E-state index in [1.165, 1.54) is 12.1 Å². The molecule has 6 heteroatoms. The van der Waals surface area contributed by atoms with Crippen molar-refractivity contribution in [2.75, 3.05) is 13.1 Å². The number of hydrogen-bond acceptors (Lipinski definition) is 4. The molecule has 1 aliphatic heterocycles. The minimum atomic E-state index is -0.316. The van der Waals surface area contributed by atoms with Gasteiger partial charge in [-0.3, -0.25) is 4.79 Å². The van der Waals surface area contributed by atoms with E-state index in [9.17, 15) is 9.18 Å². The quantitative estimate of drug-likeness (QED) is 0.920. The molecule has 0 aliphatic carbocycles. The normalized spacial score (nSPS) is 17.5. The Morgan fingerprint density at radius 1 is 1.30 bits per heavy atom. The van der Waals surface area contributed by atoms with E-state index in [1.54, 1.807) is 29.2 Å². The molecule has 2 aromatic rings. The summed E-state index contributed by atoms with van der Waals surface area (Å²) in [4.78, 5) is 14.2. The van der Waals surface area contributed by atoms with E-state index in [4.69, 9.17) is 14.9 Å². The monoisotopic (exact) mass is 318 g/mol. The average molecular weight is 318 g/mol. The Morgan fingerprint density at radius 2 is 2.09 bits per heavy atom. The minimum absolute atomic E-state index is 0.0894. The molecule has 1 atom stereocenters. The van der Waals surface area contributed by atoms with Crippen molar-refractivity contribution in [1.29, 1.82) is 0 Å².